The van der Waals surface area contributed by atoms with E-state index in [2.05, 4.69) is 16.0 Å². The molecule has 2 aromatic rings. The Kier molecular flexibility index (Phi) is 6.85. The summed E-state index contributed by atoms with van der Waals surface area (Å²) >= 11 is 0. The average molecular weight is 434 g/mol. The lowest BCUT2D eigenvalue weighted by Crippen LogP contribution is -2.49. The van der Waals surface area contributed by atoms with Gasteiger partial charge < -0.3 is 20.9 Å². The van der Waals surface area contributed by atoms with Gasteiger partial charge in [0, 0.05) is 23.8 Å². The number of aryl methyl sites for hydroxylation is 1. The number of benzene rings is 2. The Hall–Kier alpha value is -3.19. The topological polar surface area (TPSA) is 85.8 Å². The minimum atomic E-state index is -0.988. The Bertz CT molecular complexity index is 1010. The molecule has 0 spiro atoms. The summed E-state index contributed by atoms with van der Waals surface area (Å²) < 4.78 is 0. The number of fused-ring (bicyclic) bond motifs is 1. The lowest BCUT2D eigenvalue weighted by Gasteiger charge is -2.27. The van der Waals surface area contributed by atoms with Crippen molar-refractivity contribution in [3.05, 3.63) is 59.7 Å². The number of urea groups is 1. The summed E-state index contributed by atoms with van der Waals surface area (Å²) in [7, 11) is 0. The molecule has 7 heteroatoms. The molecule has 0 saturated carbocycles. The van der Waals surface area contributed by atoms with E-state index in [-0.39, 0.29) is 11.9 Å². The number of para-hydroxylation sites is 1. The van der Waals surface area contributed by atoms with Crippen LogP contribution in [0, 0.1) is 6.92 Å². The van der Waals surface area contributed by atoms with Crippen LogP contribution in [0.15, 0.2) is 53.5 Å². The number of hydrogen-bond donors (Lipinski definition) is 3. The van der Waals surface area contributed by atoms with Crippen molar-refractivity contribution >= 4 is 29.0 Å². The minimum Gasteiger partial charge on any atom is -0.309 e. The van der Waals surface area contributed by atoms with Gasteiger partial charge in [0.15, 0.2) is 0 Å². The highest BCUT2D eigenvalue weighted by atomic mass is 16.2. The van der Waals surface area contributed by atoms with Crippen LogP contribution < -0.4 is 20.9 Å². The molecule has 0 aromatic heterocycles. The third kappa shape index (κ3) is 4.83. The van der Waals surface area contributed by atoms with Crippen molar-refractivity contribution in [1.29, 1.82) is 0 Å². The van der Waals surface area contributed by atoms with Crippen LogP contribution in [0.1, 0.15) is 43.7 Å². The predicted molar refractivity (Wildman–Crippen MR) is 128 cm³/mol. The zero-order valence-electron chi connectivity index (χ0n) is 18.7. The molecule has 1 fully saturated rings. The largest absolute Gasteiger partial charge is 0.321 e. The van der Waals surface area contributed by atoms with Crippen molar-refractivity contribution in [3.63, 3.8) is 0 Å². The van der Waals surface area contributed by atoms with E-state index in [1.165, 1.54) is 0 Å². The normalized spacial score (nSPS) is 20.8. The Morgan fingerprint density at radius 1 is 1.19 bits per heavy atom. The number of benzodiazepines with no additional fused rings is 1. The third-order valence-electron chi connectivity index (χ3n) is 5.87. The van der Waals surface area contributed by atoms with Crippen LogP contribution >= 0.6 is 0 Å². The Morgan fingerprint density at radius 2 is 2.03 bits per heavy atom. The maximum Gasteiger partial charge on any atom is 0.321 e. The zero-order chi connectivity index (χ0) is 22.5. The third-order valence-corrected chi connectivity index (χ3v) is 5.87. The van der Waals surface area contributed by atoms with Crippen LogP contribution in [0.4, 0.5) is 16.2 Å². The van der Waals surface area contributed by atoms with E-state index < -0.39 is 12.2 Å². The van der Waals surface area contributed by atoms with Crippen LogP contribution in [0.5, 0.6) is 0 Å². The van der Waals surface area contributed by atoms with Gasteiger partial charge in [-0.15, -0.1) is 0 Å². The van der Waals surface area contributed by atoms with Gasteiger partial charge in [-0.05, 0) is 56.5 Å². The second-order valence-corrected chi connectivity index (χ2v) is 8.39. The number of rotatable bonds is 5. The first kappa shape index (κ1) is 22.0. The van der Waals surface area contributed by atoms with E-state index in [0.717, 1.165) is 54.8 Å². The van der Waals surface area contributed by atoms with Crippen molar-refractivity contribution in [2.24, 2.45) is 4.99 Å². The highest BCUT2D eigenvalue weighted by Gasteiger charge is 2.34. The summed E-state index contributed by atoms with van der Waals surface area (Å²) in [5, 5.41) is 9.19. The molecule has 3 amide bonds. The molecular formula is C25H31N5O2. The SMILES string of the molecule is CCCN1C(=O)[C@@H](NC(=O)Nc2cccc(C)c2)N=C([C@@H]2CCCCN2)c2ccccc21. The fourth-order valence-corrected chi connectivity index (χ4v) is 4.38. The number of amides is 3. The van der Waals surface area contributed by atoms with Crippen LogP contribution in [-0.2, 0) is 4.79 Å². The van der Waals surface area contributed by atoms with Crippen LogP contribution in [0.25, 0.3) is 0 Å². The van der Waals surface area contributed by atoms with Crippen molar-refractivity contribution in [2.75, 3.05) is 23.3 Å². The first-order chi connectivity index (χ1) is 15.6. The van der Waals surface area contributed by atoms with Crippen LogP contribution in [0.2, 0.25) is 0 Å². The summed E-state index contributed by atoms with van der Waals surface area (Å²) in [5.74, 6) is -0.218. The summed E-state index contributed by atoms with van der Waals surface area (Å²) in [5.41, 5.74) is 4.37. The van der Waals surface area contributed by atoms with Crippen molar-refractivity contribution < 1.29 is 9.59 Å². The fraction of sp³-hybridized carbons (Fsp3) is 0.400. The molecule has 2 heterocycles. The molecule has 4 rings (SSSR count). The zero-order valence-corrected chi connectivity index (χ0v) is 18.7. The first-order valence-electron chi connectivity index (χ1n) is 11.4. The van der Waals surface area contributed by atoms with E-state index in [4.69, 9.17) is 4.99 Å². The van der Waals surface area contributed by atoms with Gasteiger partial charge in [-0.25, -0.2) is 4.79 Å². The summed E-state index contributed by atoms with van der Waals surface area (Å²) in [6.45, 7) is 5.49. The maximum absolute atomic E-state index is 13.5. The second-order valence-electron chi connectivity index (χ2n) is 8.39. The molecule has 0 bridgehead atoms. The lowest BCUT2D eigenvalue weighted by molar-refractivity contribution is -0.120. The van der Waals surface area contributed by atoms with Gasteiger partial charge >= 0.3 is 6.03 Å². The molecule has 2 aliphatic rings. The van der Waals surface area contributed by atoms with Gasteiger partial charge in [-0.1, -0.05) is 43.7 Å². The van der Waals surface area contributed by atoms with Crippen LogP contribution in [0.3, 0.4) is 0 Å². The number of aliphatic imine (C=N–C) groups is 1. The molecule has 32 heavy (non-hydrogen) atoms. The van der Waals surface area contributed by atoms with Crippen molar-refractivity contribution in [1.82, 2.24) is 10.6 Å². The molecule has 2 aliphatic heterocycles. The smallest absolute Gasteiger partial charge is 0.309 e. The average Bonchev–Trinajstić information content (AvgIpc) is 2.90. The van der Waals surface area contributed by atoms with Gasteiger partial charge in [0.2, 0.25) is 6.17 Å². The van der Waals surface area contributed by atoms with Gasteiger partial charge in [0.1, 0.15) is 0 Å². The number of nitrogens with one attached hydrogen (secondary N) is 3. The fourth-order valence-electron chi connectivity index (χ4n) is 4.38. The van der Waals surface area contributed by atoms with Crippen molar-refractivity contribution in [2.45, 2.75) is 51.7 Å². The molecule has 0 aliphatic carbocycles. The number of anilines is 2. The van der Waals surface area contributed by atoms with E-state index >= 15 is 0 Å². The molecule has 7 nitrogen and oxygen atoms in total. The van der Waals surface area contributed by atoms with Gasteiger partial charge in [-0.2, -0.15) is 0 Å². The molecular weight excluding hydrogens is 402 g/mol. The molecule has 3 N–H and O–H groups in total. The highest BCUT2D eigenvalue weighted by molar-refractivity contribution is 6.15. The molecule has 1 saturated heterocycles. The minimum absolute atomic E-state index is 0.0587. The number of piperidine rings is 1. The predicted octanol–water partition coefficient (Wildman–Crippen LogP) is 3.83. The Balaban J connectivity index is 1.67. The van der Waals surface area contributed by atoms with Gasteiger partial charge in [-0.3, -0.25) is 9.79 Å². The summed E-state index contributed by atoms with van der Waals surface area (Å²) in [6, 6.07) is 15.1. The second kappa shape index (κ2) is 9.96. The van der Waals surface area contributed by atoms with Gasteiger partial charge in [0.05, 0.1) is 11.4 Å². The highest BCUT2D eigenvalue weighted by Crippen LogP contribution is 2.28. The number of hydrogen-bond acceptors (Lipinski definition) is 4. The monoisotopic (exact) mass is 433 g/mol. The van der Waals surface area contributed by atoms with Crippen molar-refractivity contribution in [3.8, 4) is 0 Å². The van der Waals surface area contributed by atoms with E-state index in [0.29, 0.717) is 12.2 Å². The first-order valence-corrected chi connectivity index (χ1v) is 11.4. The molecule has 2 atom stereocenters. The molecule has 168 valence electrons. The Labute approximate surface area is 189 Å². The van der Waals surface area contributed by atoms with Gasteiger partial charge in [0.25, 0.3) is 5.91 Å². The molecule has 2 aromatic carbocycles. The number of carbonyl (C=O) groups excluding carboxylic acids is 2. The number of nitrogens with zero attached hydrogens (tertiary/aromatic N) is 2. The van der Waals surface area contributed by atoms with E-state index in [1.54, 1.807) is 4.90 Å². The number of carbonyl (C=O) groups is 2. The molecule has 0 unspecified atom stereocenters. The standard InChI is InChI=1S/C25H31N5O2/c1-3-15-30-21-13-5-4-11-19(21)22(20-12-6-7-14-26-20)28-23(24(30)31)29-25(32)27-18-10-8-9-17(2)16-18/h4-5,8-11,13,16,20,23,26H,3,6-7,12,14-15H2,1-2H3,(H2,27,29,32)/t20-,23+/m0/s1. The maximum atomic E-state index is 13.5. The van der Waals surface area contributed by atoms with Crippen LogP contribution in [-0.4, -0.2) is 42.9 Å². The molecule has 0 radical (unpaired) electrons. The van der Waals surface area contributed by atoms with E-state index in [1.807, 2.05) is 62.4 Å². The summed E-state index contributed by atoms with van der Waals surface area (Å²) in [6.07, 6.45) is 3.01. The summed E-state index contributed by atoms with van der Waals surface area (Å²) in [4.78, 5) is 32.9. The van der Waals surface area contributed by atoms with E-state index in [9.17, 15) is 9.59 Å². The lowest BCUT2D eigenvalue weighted by atomic mass is 9.94. The Morgan fingerprint density at radius 3 is 2.78 bits per heavy atom. The quantitative estimate of drug-likeness (QED) is 0.670.